The van der Waals surface area contributed by atoms with Gasteiger partial charge in [0, 0.05) is 70.9 Å². The van der Waals surface area contributed by atoms with Gasteiger partial charge in [0.15, 0.2) is 6.10 Å². The molecule has 17 nitrogen and oxygen atoms in total. The second kappa shape index (κ2) is 21.8. The number of epoxide rings is 1. The largest absolute Gasteiger partial charge is 0.495 e. The minimum atomic E-state index is -1.24. The SMILES string of the molecule is COc1ccc(C[C@H]2NC(=O)/C=C/C[C@@H]([C@H](C)[C@@H]3O[C@@H]3c3ccc(CN4CCN(CC(=O)ON5C(=O)CCC5=O)CC4)cc3)OC(=O)[C@H](CC(C)C)OC(=O)C(C)(C)CNC2=O)cc1Cl. The van der Waals surface area contributed by atoms with Gasteiger partial charge in [0.1, 0.15) is 24.0 Å². The number of halogens is 1. The first-order valence-corrected chi connectivity index (χ1v) is 22.5. The van der Waals surface area contributed by atoms with Gasteiger partial charge in [0.05, 0.1) is 30.2 Å². The number of hydroxylamine groups is 2. The van der Waals surface area contributed by atoms with Crippen molar-refractivity contribution in [2.45, 2.75) is 104 Å². The summed E-state index contributed by atoms with van der Waals surface area (Å²) in [6.45, 7) is 12.2. The average Bonchev–Trinajstić information content (AvgIpc) is 4.01. The number of rotatable bonds is 13. The molecule has 2 aromatic carbocycles. The van der Waals surface area contributed by atoms with Crippen LogP contribution in [0.2, 0.25) is 5.02 Å². The third-order valence-corrected chi connectivity index (χ3v) is 12.3. The highest BCUT2D eigenvalue weighted by Crippen LogP contribution is 2.45. The zero-order valence-corrected chi connectivity index (χ0v) is 38.6. The molecule has 0 saturated carbocycles. The Labute approximate surface area is 384 Å². The van der Waals surface area contributed by atoms with Gasteiger partial charge in [-0.15, -0.1) is 5.06 Å². The maximum atomic E-state index is 13.9. The van der Waals surface area contributed by atoms with E-state index in [2.05, 4.69) is 15.5 Å². The van der Waals surface area contributed by atoms with Crippen molar-refractivity contribution in [2.24, 2.45) is 17.3 Å². The molecule has 4 amide bonds. The van der Waals surface area contributed by atoms with Crippen LogP contribution in [-0.2, 0) is 65.6 Å². The Morgan fingerprint density at radius 1 is 0.908 bits per heavy atom. The van der Waals surface area contributed by atoms with Gasteiger partial charge in [-0.3, -0.25) is 33.8 Å². The number of carbonyl (C=O) groups excluding carboxylic acids is 7. The number of ether oxygens (including phenoxy) is 4. The van der Waals surface area contributed by atoms with Crippen LogP contribution in [0.5, 0.6) is 5.75 Å². The van der Waals surface area contributed by atoms with Crippen molar-refractivity contribution in [1.29, 1.82) is 0 Å². The number of hydrogen-bond donors (Lipinski definition) is 2. The van der Waals surface area contributed by atoms with E-state index in [1.165, 1.54) is 13.2 Å². The second-order valence-corrected chi connectivity index (χ2v) is 18.6. The molecule has 3 fully saturated rings. The van der Waals surface area contributed by atoms with E-state index in [0.29, 0.717) is 54.1 Å². The summed E-state index contributed by atoms with van der Waals surface area (Å²) >= 11 is 6.37. The first kappa shape index (κ1) is 49.1. The number of imide groups is 1. The third kappa shape index (κ3) is 13.4. The first-order valence-electron chi connectivity index (χ1n) is 22.1. The van der Waals surface area contributed by atoms with Crippen molar-refractivity contribution in [3.63, 3.8) is 0 Å². The number of methoxy groups -OCH3 is 1. The van der Waals surface area contributed by atoms with Crippen LogP contribution < -0.4 is 15.4 Å². The molecule has 65 heavy (non-hydrogen) atoms. The summed E-state index contributed by atoms with van der Waals surface area (Å²) in [6.07, 6.45) is 0.899. The van der Waals surface area contributed by atoms with E-state index in [9.17, 15) is 33.6 Å². The maximum absolute atomic E-state index is 13.9. The highest BCUT2D eigenvalue weighted by molar-refractivity contribution is 6.32. The predicted molar refractivity (Wildman–Crippen MR) is 236 cm³/mol. The van der Waals surface area contributed by atoms with E-state index in [-0.39, 0.29) is 69.2 Å². The molecule has 6 rings (SSSR count). The summed E-state index contributed by atoms with van der Waals surface area (Å²) in [5, 5.41) is 6.48. The number of carbonyl (C=O) groups is 7. The molecule has 4 aliphatic rings. The summed E-state index contributed by atoms with van der Waals surface area (Å²) in [6, 6.07) is 12.2. The molecule has 2 N–H and O–H groups in total. The second-order valence-electron chi connectivity index (χ2n) is 18.2. The Morgan fingerprint density at radius 3 is 2.22 bits per heavy atom. The zero-order chi connectivity index (χ0) is 47.0. The number of nitrogens with zero attached hydrogens (tertiary/aromatic N) is 3. The lowest BCUT2D eigenvalue weighted by atomic mass is 9.92. The van der Waals surface area contributed by atoms with Crippen molar-refractivity contribution < 1.29 is 57.3 Å². The van der Waals surface area contributed by atoms with E-state index < -0.39 is 65.2 Å². The fraction of sp³-hybridized carbons (Fsp3) is 0.553. The maximum Gasteiger partial charge on any atom is 0.347 e. The van der Waals surface area contributed by atoms with Crippen LogP contribution in [0.4, 0.5) is 0 Å². The fourth-order valence-electron chi connectivity index (χ4n) is 7.97. The predicted octanol–water partition coefficient (Wildman–Crippen LogP) is 3.85. The molecule has 0 spiro atoms. The molecular formula is C47H60ClN5O12. The molecule has 0 unspecified atom stereocenters. The van der Waals surface area contributed by atoms with Crippen LogP contribution in [-0.4, -0.2) is 127 Å². The topological polar surface area (TPSA) is 203 Å². The molecule has 18 heteroatoms. The van der Waals surface area contributed by atoms with Gasteiger partial charge in [-0.05, 0) is 61.1 Å². The normalized spacial score (nSPS) is 25.9. The first-order chi connectivity index (χ1) is 30.9. The Kier molecular flexibility index (Phi) is 16.4. The van der Waals surface area contributed by atoms with Crippen molar-refractivity contribution in [3.05, 3.63) is 76.3 Å². The summed E-state index contributed by atoms with van der Waals surface area (Å²) in [5.74, 6) is -4.00. The Balaban J connectivity index is 1.09. The third-order valence-electron chi connectivity index (χ3n) is 12.0. The quantitative estimate of drug-likeness (QED) is 0.167. The molecule has 2 aromatic rings. The van der Waals surface area contributed by atoms with Gasteiger partial charge < -0.3 is 34.4 Å². The lowest BCUT2D eigenvalue weighted by Crippen LogP contribution is -2.51. The summed E-state index contributed by atoms with van der Waals surface area (Å²) in [4.78, 5) is 99.7. The summed E-state index contributed by atoms with van der Waals surface area (Å²) in [7, 11) is 1.50. The number of nitrogens with one attached hydrogen (secondary N) is 2. The Morgan fingerprint density at radius 2 is 1.57 bits per heavy atom. The molecule has 0 aromatic heterocycles. The molecule has 0 aliphatic carbocycles. The Bertz CT molecular complexity index is 2110. The van der Waals surface area contributed by atoms with Crippen LogP contribution >= 0.6 is 11.6 Å². The van der Waals surface area contributed by atoms with Crippen LogP contribution in [0.3, 0.4) is 0 Å². The van der Waals surface area contributed by atoms with Gasteiger partial charge in [-0.25, -0.2) is 9.59 Å². The lowest BCUT2D eigenvalue weighted by molar-refractivity contribution is -0.198. The van der Waals surface area contributed by atoms with Gasteiger partial charge in [0.25, 0.3) is 11.8 Å². The number of piperazine rings is 1. The molecule has 6 atom stereocenters. The number of cyclic esters (lactones) is 2. The molecule has 0 radical (unpaired) electrons. The van der Waals surface area contributed by atoms with Crippen molar-refractivity contribution >= 4 is 53.1 Å². The fourth-order valence-corrected chi connectivity index (χ4v) is 8.25. The van der Waals surface area contributed by atoms with E-state index in [4.69, 9.17) is 35.4 Å². The van der Waals surface area contributed by atoms with Gasteiger partial charge in [0.2, 0.25) is 11.8 Å². The van der Waals surface area contributed by atoms with E-state index in [1.54, 1.807) is 38.1 Å². The van der Waals surface area contributed by atoms with Crippen molar-refractivity contribution in [3.8, 4) is 5.75 Å². The van der Waals surface area contributed by atoms with Crippen molar-refractivity contribution in [2.75, 3.05) is 46.4 Å². The number of hydrogen-bond acceptors (Lipinski definition) is 14. The minimum Gasteiger partial charge on any atom is -0.495 e. The molecule has 352 valence electrons. The number of benzene rings is 2. The van der Waals surface area contributed by atoms with Crippen molar-refractivity contribution in [1.82, 2.24) is 25.5 Å². The highest BCUT2D eigenvalue weighted by atomic mass is 35.5. The van der Waals surface area contributed by atoms with Gasteiger partial charge >= 0.3 is 17.9 Å². The van der Waals surface area contributed by atoms with Crippen LogP contribution in [0.25, 0.3) is 0 Å². The molecular weight excluding hydrogens is 862 g/mol. The smallest absolute Gasteiger partial charge is 0.347 e. The number of amides is 4. The van der Waals surface area contributed by atoms with E-state index in [0.717, 1.165) is 11.1 Å². The minimum absolute atomic E-state index is 0.0144. The van der Waals surface area contributed by atoms with Crippen LogP contribution in [0.1, 0.15) is 83.1 Å². The standard InChI is InChI=1S/C47H60ClN5O12/c1-28(2)22-37-45(59)62-35(8-7-9-38(54)50-34(24-31-12-15-36(61-6)33(48)23-31)44(58)49-27-47(4,5)46(60)63-37)29(3)42-43(64-42)32-13-10-30(11-14-32)25-51-18-20-52(21-19-51)26-41(57)65-53-39(55)16-17-40(53)56/h7,9-15,23,28-29,34-35,37,42-43H,8,16-22,24-27H2,1-6H3,(H,49,58)(H,50,54)/b9-7+/t29-,34+,35-,37-,42-,43+/m0/s1. The van der Waals surface area contributed by atoms with E-state index >= 15 is 0 Å². The average molecular weight is 922 g/mol. The highest BCUT2D eigenvalue weighted by Gasteiger charge is 2.48. The number of esters is 2. The van der Waals surface area contributed by atoms with Gasteiger partial charge in [-0.1, -0.05) is 68.8 Å². The summed E-state index contributed by atoms with van der Waals surface area (Å²) in [5.41, 5.74) is 1.47. The Hall–Kier alpha value is -5.36. The molecule has 4 aliphatic heterocycles. The van der Waals surface area contributed by atoms with E-state index in [1.807, 2.05) is 49.9 Å². The van der Waals surface area contributed by atoms with Crippen LogP contribution in [0, 0.1) is 17.3 Å². The molecule has 3 saturated heterocycles. The van der Waals surface area contributed by atoms with Crippen LogP contribution in [0.15, 0.2) is 54.6 Å². The van der Waals surface area contributed by atoms with Gasteiger partial charge in [-0.2, -0.15) is 0 Å². The summed E-state index contributed by atoms with van der Waals surface area (Å²) < 4.78 is 23.5. The molecule has 4 heterocycles. The lowest BCUT2D eigenvalue weighted by Gasteiger charge is -2.34. The zero-order valence-electron chi connectivity index (χ0n) is 37.8. The monoisotopic (exact) mass is 921 g/mol. The molecule has 0 bridgehead atoms.